The van der Waals surface area contributed by atoms with Gasteiger partial charge >= 0.3 is 0 Å². The van der Waals surface area contributed by atoms with Gasteiger partial charge in [0, 0.05) is 32.4 Å². The van der Waals surface area contributed by atoms with Gasteiger partial charge in [0.1, 0.15) is 0 Å². The van der Waals surface area contributed by atoms with Crippen molar-refractivity contribution in [1.29, 1.82) is 0 Å². The van der Waals surface area contributed by atoms with Gasteiger partial charge in [0.25, 0.3) is 0 Å². The monoisotopic (exact) mass is 266 g/mol. The fourth-order valence-corrected chi connectivity index (χ4v) is 3.99. The van der Waals surface area contributed by atoms with Gasteiger partial charge in [-0.15, -0.1) is 0 Å². The molecular formula is C13H18N2O2S. The second-order valence-electron chi connectivity index (χ2n) is 5.32. The molecule has 1 aromatic rings. The number of nitrogens with zero attached hydrogens (tertiary/aromatic N) is 1. The van der Waals surface area contributed by atoms with Crippen LogP contribution in [0.2, 0.25) is 0 Å². The van der Waals surface area contributed by atoms with Crippen LogP contribution < -0.4 is 10.2 Å². The molecule has 0 aromatic heterocycles. The van der Waals surface area contributed by atoms with E-state index in [-0.39, 0.29) is 0 Å². The van der Waals surface area contributed by atoms with Crippen LogP contribution in [0, 0.1) is 11.8 Å². The number of sulfone groups is 1. The van der Waals surface area contributed by atoms with Gasteiger partial charge in [0.05, 0.1) is 10.6 Å². The van der Waals surface area contributed by atoms with Crippen LogP contribution in [-0.4, -0.2) is 40.9 Å². The molecule has 4 nitrogen and oxygen atoms in total. The lowest BCUT2D eigenvalue weighted by molar-refractivity contribution is 0.533. The largest absolute Gasteiger partial charge is 0.370 e. The van der Waals surface area contributed by atoms with E-state index < -0.39 is 9.84 Å². The summed E-state index contributed by atoms with van der Waals surface area (Å²) in [5.41, 5.74) is 0.870. The van der Waals surface area contributed by atoms with E-state index in [0.717, 1.165) is 31.9 Å². The first kappa shape index (κ1) is 12.0. The zero-order chi connectivity index (χ0) is 12.8. The Bertz CT molecular complexity index is 544. The summed E-state index contributed by atoms with van der Waals surface area (Å²) in [6.07, 6.45) is 1.28. The molecule has 0 amide bonds. The summed E-state index contributed by atoms with van der Waals surface area (Å²) in [7, 11) is -3.15. The number of fused-ring (bicyclic) bond motifs is 1. The fraction of sp³-hybridized carbons (Fsp3) is 0.538. The van der Waals surface area contributed by atoms with Crippen LogP contribution in [0.4, 0.5) is 5.69 Å². The van der Waals surface area contributed by atoms with Gasteiger partial charge in [-0.3, -0.25) is 0 Å². The predicted molar refractivity (Wildman–Crippen MR) is 71.6 cm³/mol. The van der Waals surface area contributed by atoms with E-state index in [2.05, 4.69) is 10.2 Å². The number of hydrogen-bond acceptors (Lipinski definition) is 4. The van der Waals surface area contributed by atoms with Gasteiger partial charge in [-0.25, -0.2) is 8.42 Å². The van der Waals surface area contributed by atoms with Crippen molar-refractivity contribution in [2.24, 2.45) is 11.8 Å². The van der Waals surface area contributed by atoms with Gasteiger partial charge in [-0.1, -0.05) is 12.1 Å². The molecule has 2 aliphatic rings. The molecule has 0 bridgehead atoms. The summed E-state index contributed by atoms with van der Waals surface area (Å²) in [6.45, 7) is 4.04. The summed E-state index contributed by atoms with van der Waals surface area (Å²) < 4.78 is 23.6. The fourth-order valence-electron chi connectivity index (χ4n) is 3.08. The molecule has 2 fully saturated rings. The Morgan fingerprint density at radius 1 is 1.17 bits per heavy atom. The van der Waals surface area contributed by atoms with E-state index in [1.54, 1.807) is 12.1 Å². The standard InChI is InChI=1S/C13H18N2O2S/c1-18(16,17)13-5-3-2-4-12(13)15-8-10-6-14-7-11(10)9-15/h2-5,10-11,14H,6-9H2,1H3/t10-,11+. The molecule has 3 rings (SSSR count). The van der Waals surface area contributed by atoms with Crippen molar-refractivity contribution >= 4 is 15.5 Å². The molecule has 2 heterocycles. The minimum atomic E-state index is -3.15. The molecule has 2 saturated heterocycles. The quantitative estimate of drug-likeness (QED) is 0.858. The van der Waals surface area contributed by atoms with Gasteiger partial charge in [-0.2, -0.15) is 0 Å². The molecule has 0 unspecified atom stereocenters. The summed E-state index contributed by atoms with van der Waals surface area (Å²) in [6, 6.07) is 7.33. The second kappa shape index (κ2) is 4.24. The summed E-state index contributed by atoms with van der Waals surface area (Å²) in [4.78, 5) is 2.69. The molecule has 0 spiro atoms. The van der Waals surface area contributed by atoms with Crippen LogP contribution in [0.25, 0.3) is 0 Å². The molecule has 98 valence electrons. The average Bonchev–Trinajstić information content (AvgIpc) is 2.87. The Kier molecular flexibility index (Phi) is 2.83. The highest BCUT2D eigenvalue weighted by atomic mass is 32.2. The Morgan fingerprint density at radius 3 is 2.39 bits per heavy atom. The molecular weight excluding hydrogens is 248 g/mol. The van der Waals surface area contributed by atoms with Crippen molar-refractivity contribution < 1.29 is 8.42 Å². The smallest absolute Gasteiger partial charge is 0.177 e. The van der Waals surface area contributed by atoms with Crippen LogP contribution in [0.15, 0.2) is 29.2 Å². The molecule has 18 heavy (non-hydrogen) atoms. The highest BCUT2D eigenvalue weighted by molar-refractivity contribution is 7.90. The molecule has 1 aromatic carbocycles. The molecule has 0 radical (unpaired) electrons. The Labute approximate surface area is 108 Å². The van der Waals surface area contributed by atoms with Crippen molar-refractivity contribution in [3.63, 3.8) is 0 Å². The van der Waals surface area contributed by atoms with Crippen LogP contribution in [0.1, 0.15) is 0 Å². The van der Waals surface area contributed by atoms with Crippen molar-refractivity contribution in [2.45, 2.75) is 4.90 Å². The van der Waals surface area contributed by atoms with E-state index in [1.807, 2.05) is 12.1 Å². The second-order valence-corrected chi connectivity index (χ2v) is 7.31. The number of rotatable bonds is 2. The first-order valence-corrected chi connectivity index (χ1v) is 8.19. The minimum Gasteiger partial charge on any atom is -0.370 e. The lowest BCUT2D eigenvalue weighted by atomic mass is 10.0. The van der Waals surface area contributed by atoms with Gasteiger partial charge in [0.15, 0.2) is 9.84 Å². The van der Waals surface area contributed by atoms with Gasteiger partial charge in [-0.05, 0) is 24.0 Å². The maximum Gasteiger partial charge on any atom is 0.177 e. The van der Waals surface area contributed by atoms with Crippen molar-refractivity contribution in [2.75, 3.05) is 37.3 Å². The summed E-state index contributed by atoms with van der Waals surface area (Å²) in [5.74, 6) is 1.33. The van der Waals surface area contributed by atoms with E-state index in [9.17, 15) is 8.42 Å². The molecule has 5 heteroatoms. The highest BCUT2D eigenvalue weighted by Crippen LogP contribution is 2.33. The van der Waals surface area contributed by atoms with E-state index in [0.29, 0.717) is 16.7 Å². The van der Waals surface area contributed by atoms with E-state index in [4.69, 9.17) is 0 Å². The zero-order valence-electron chi connectivity index (χ0n) is 10.5. The number of hydrogen-bond donors (Lipinski definition) is 1. The molecule has 0 saturated carbocycles. The van der Waals surface area contributed by atoms with Crippen LogP contribution in [0.3, 0.4) is 0 Å². The molecule has 0 aliphatic carbocycles. The normalized spacial score (nSPS) is 27.5. The minimum absolute atomic E-state index is 0.456. The van der Waals surface area contributed by atoms with Gasteiger partial charge in [0.2, 0.25) is 0 Å². The van der Waals surface area contributed by atoms with Crippen LogP contribution in [-0.2, 0) is 9.84 Å². The van der Waals surface area contributed by atoms with Crippen molar-refractivity contribution in [3.8, 4) is 0 Å². The number of nitrogens with one attached hydrogen (secondary N) is 1. The maximum absolute atomic E-state index is 11.8. The topological polar surface area (TPSA) is 49.4 Å². The molecule has 1 N–H and O–H groups in total. The number of benzene rings is 1. The number of anilines is 1. The highest BCUT2D eigenvalue weighted by Gasteiger charge is 2.37. The lowest BCUT2D eigenvalue weighted by Crippen LogP contribution is -2.26. The SMILES string of the molecule is CS(=O)(=O)c1ccccc1N1C[C@H]2CNC[C@H]2C1. The Morgan fingerprint density at radius 2 is 1.78 bits per heavy atom. The Balaban J connectivity index is 1.94. The maximum atomic E-state index is 11.8. The van der Waals surface area contributed by atoms with Crippen molar-refractivity contribution in [3.05, 3.63) is 24.3 Å². The predicted octanol–water partition coefficient (Wildman–Crippen LogP) is 0.746. The van der Waals surface area contributed by atoms with Crippen LogP contribution in [0.5, 0.6) is 0 Å². The van der Waals surface area contributed by atoms with E-state index >= 15 is 0 Å². The first-order valence-electron chi connectivity index (χ1n) is 6.30. The average molecular weight is 266 g/mol. The molecule has 2 aliphatic heterocycles. The third-order valence-corrected chi connectivity index (χ3v) is 5.14. The summed E-state index contributed by atoms with van der Waals surface area (Å²) in [5, 5.41) is 3.40. The third kappa shape index (κ3) is 2.01. The van der Waals surface area contributed by atoms with E-state index in [1.165, 1.54) is 6.26 Å². The molecule has 2 atom stereocenters. The van der Waals surface area contributed by atoms with Crippen molar-refractivity contribution in [1.82, 2.24) is 5.32 Å². The van der Waals surface area contributed by atoms with Crippen LogP contribution >= 0.6 is 0 Å². The summed E-state index contributed by atoms with van der Waals surface area (Å²) >= 11 is 0. The first-order chi connectivity index (χ1) is 8.55. The number of para-hydroxylation sites is 1. The third-order valence-electron chi connectivity index (χ3n) is 3.99. The zero-order valence-corrected chi connectivity index (χ0v) is 11.3. The lowest BCUT2D eigenvalue weighted by Gasteiger charge is -2.22. The van der Waals surface area contributed by atoms with Gasteiger partial charge < -0.3 is 10.2 Å². The Hall–Kier alpha value is -1.07.